The van der Waals surface area contributed by atoms with Gasteiger partial charge in [0.1, 0.15) is 6.54 Å². The molecular weight excluding hydrogens is 284 g/mol. The van der Waals surface area contributed by atoms with Gasteiger partial charge in [-0.15, -0.1) is 5.10 Å². The highest BCUT2D eigenvalue weighted by Crippen LogP contribution is 2.26. The van der Waals surface area contributed by atoms with E-state index < -0.39 is 5.97 Å². The third-order valence-electron chi connectivity index (χ3n) is 3.72. The summed E-state index contributed by atoms with van der Waals surface area (Å²) in [5.41, 5.74) is 1.94. The first-order valence-electron chi connectivity index (χ1n) is 7.17. The molecule has 0 radical (unpaired) electrons. The maximum Gasteiger partial charge on any atom is 0.358 e. The summed E-state index contributed by atoms with van der Waals surface area (Å²) in [6.45, 7) is 0.644. The van der Waals surface area contributed by atoms with Crippen molar-refractivity contribution < 1.29 is 14.7 Å². The highest BCUT2D eigenvalue weighted by Gasteiger charge is 2.21. The van der Waals surface area contributed by atoms with Gasteiger partial charge in [0.15, 0.2) is 5.69 Å². The van der Waals surface area contributed by atoms with Gasteiger partial charge >= 0.3 is 5.97 Å². The number of carbonyl (C=O) groups excluding carboxylic acids is 1. The van der Waals surface area contributed by atoms with Crippen molar-refractivity contribution in [1.82, 2.24) is 15.0 Å². The summed E-state index contributed by atoms with van der Waals surface area (Å²) in [5, 5.41) is 16.0. The quantitative estimate of drug-likeness (QED) is 0.924. The molecule has 7 heteroatoms. The molecule has 0 saturated heterocycles. The summed E-state index contributed by atoms with van der Waals surface area (Å²) in [6, 6.07) is 7.88. The lowest BCUT2D eigenvalue weighted by atomic mass is 10.1. The minimum absolute atomic E-state index is 0.0192. The van der Waals surface area contributed by atoms with E-state index in [1.807, 2.05) is 24.3 Å². The van der Waals surface area contributed by atoms with Crippen LogP contribution in [0.4, 0.5) is 5.69 Å². The third kappa shape index (κ3) is 2.83. The number of para-hydroxylation sites is 1. The van der Waals surface area contributed by atoms with Crippen molar-refractivity contribution in [2.45, 2.75) is 25.8 Å². The second-order valence-corrected chi connectivity index (χ2v) is 5.24. The van der Waals surface area contributed by atoms with Crippen LogP contribution in [0.25, 0.3) is 0 Å². The predicted molar refractivity (Wildman–Crippen MR) is 78.7 cm³/mol. The summed E-state index contributed by atoms with van der Waals surface area (Å²) in [7, 11) is 0. The van der Waals surface area contributed by atoms with Gasteiger partial charge in [-0.1, -0.05) is 23.4 Å². The average molecular weight is 300 g/mol. The van der Waals surface area contributed by atoms with Crippen LogP contribution in [0.1, 0.15) is 28.9 Å². The Morgan fingerprint density at radius 1 is 1.23 bits per heavy atom. The van der Waals surface area contributed by atoms with E-state index >= 15 is 0 Å². The molecule has 0 aliphatic carbocycles. The molecule has 0 spiro atoms. The van der Waals surface area contributed by atoms with Gasteiger partial charge in [-0.25, -0.2) is 9.48 Å². The number of hydrogen-bond donors (Lipinski definition) is 1. The van der Waals surface area contributed by atoms with Crippen LogP contribution < -0.4 is 4.90 Å². The van der Waals surface area contributed by atoms with Crippen molar-refractivity contribution in [2.24, 2.45) is 0 Å². The van der Waals surface area contributed by atoms with E-state index in [0.29, 0.717) is 6.54 Å². The van der Waals surface area contributed by atoms with Gasteiger partial charge in [-0.2, -0.15) is 0 Å². The molecule has 1 aromatic heterocycles. The van der Waals surface area contributed by atoms with Gasteiger partial charge in [0, 0.05) is 12.2 Å². The fourth-order valence-corrected chi connectivity index (χ4v) is 2.65. The number of fused-ring (bicyclic) bond motifs is 1. The molecule has 0 unspecified atom stereocenters. The summed E-state index contributed by atoms with van der Waals surface area (Å²) in [5.74, 6) is -1.27. The molecule has 0 bridgehead atoms. The molecule has 22 heavy (non-hydrogen) atoms. The van der Waals surface area contributed by atoms with Crippen LogP contribution in [0.2, 0.25) is 0 Å². The van der Waals surface area contributed by atoms with Crippen LogP contribution in [0.3, 0.4) is 0 Å². The SMILES string of the molecule is O=C(O)c1cn(CC(=O)N2CCCCc3ccccc32)nn1. The largest absolute Gasteiger partial charge is 0.476 e. The smallest absolute Gasteiger partial charge is 0.358 e. The van der Waals surface area contributed by atoms with Crippen molar-refractivity contribution in [1.29, 1.82) is 0 Å². The lowest BCUT2D eigenvalue weighted by Crippen LogP contribution is -2.34. The molecule has 1 aliphatic rings. The van der Waals surface area contributed by atoms with Gasteiger partial charge in [-0.3, -0.25) is 4.79 Å². The van der Waals surface area contributed by atoms with Crippen LogP contribution in [0.5, 0.6) is 0 Å². The Labute approximate surface area is 127 Å². The first-order valence-corrected chi connectivity index (χ1v) is 7.17. The van der Waals surface area contributed by atoms with Gasteiger partial charge < -0.3 is 10.0 Å². The lowest BCUT2D eigenvalue weighted by Gasteiger charge is -2.22. The normalized spacial score (nSPS) is 14.3. The molecule has 2 heterocycles. The van der Waals surface area contributed by atoms with Gasteiger partial charge in [0.05, 0.1) is 6.20 Å². The lowest BCUT2D eigenvalue weighted by molar-refractivity contribution is -0.119. The van der Waals surface area contributed by atoms with Crippen molar-refractivity contribution in [3.8, 4) is 0 Å². The summed E-state index contributed by atoms with van der Waals surface area (Å²) in [6.07, 6.45) is 4.22. The van der Waals surface area contributed by atoms with E-state index in [1.54, 1.807) is 4.90 Å². The van der Waals surface area contributed by atoms with Crippen molar-refractivity contribution in [2.75, 3.05) is 11.4 Å². The van der Waals surface area contributed by atoms with E-state index in [4.69, 9.17) is 5.11 Å². The number of carbonyl (C=O) groups is 2. The second kappa shape index (κ2) is 5.97. The molecule has 1 N–H and O–H groups in total. The number of aromatic carboxylic acids is 1. The Morgan fingerprint density at radius 3 is 2.82 bits per heavy atom. The van der Waals surface area contributed by atoms with Crippen LogP contribution >= 0.6 is 0 Å². The summed E-state index contributed by atoms with van der Waals surface area (Å²) >= 11 is 0. The minimum Gasteiger partial charge on any atom is -0.476 e. The molecule has 0 saturated carbocycles. The monoisotopic (exact) mass is 300 g/mol. The van der Waals surface area contributed by atoms with Crippen molar-refractivity contribution in [3.63, 3.8) is 0 Å². The highest BCUT2D eigenvalue weighted by molar-refractivity contribution is 5.94. The van der Waals surface area contributed by atoms with Gasteiger partial charge in [-0.05, 0) is 30.9 Å². The van der Waals surface area contributed by atoms with Crippen molar-refractivity contribution >= 4 is 17.6 Å². The topological polar surface area (TPSA) is 88.3 Å². The number of carboxylic acids is 1. The number of anilines is 1. The van der Waals surface area contributed by atoms with Crippen LogP contribution in [-0.4, -0.2) is 38.5 Å². The predicted octanol–water partition coefficient (Wildman–Crippen LogP) is 1.35. The minimum atomic E-state index is -1.15. The number of amides is 1. The number of rotatable bonds is 3. The highest BCUT2D eigenvalue weighted by atomic mass is 16.4. The summed E-state index contributed by atoms with van der Waals surface area (Å²) < 4.78 is 1.26. The van der Waals surface area contributed by atoms with E-state index in [-0.39, 0.29) is 18.1 Å². The molecule has 3 rings (SSSR count). The molecule has 1 aromatic carbocycles. The number of aromatic nitrogens is 3. The second-order valence-electron chi connectivity index (χ2n) is 5.24. The molecular formula is C15H16N4O3. The number of nitrogens with zero attached hydrogens (tertiary/aromatic N) is 4. The molecule has 1 amide bonds. The molecule has 114 valence electrons. The zero-order chi connectivity index (χ0) is 15.5. The first-order chi connectivity index (χ1) is 10.6. The molecule has 2 aromatic rings. The van der Waals surface area contributed by atoms with Crippen LogP contribution in [0.15, 0.2) is 30.5 Å². The fourth-order valence-electron chi connectivity index (χ4n) is 2.65. The molecule has 7 nitrogen and oxygen atoms in total. The molecule has 1 aliphatic heterocycles. The van der Waals surface area contributed by atoms with E-state index in [9.17, 15) is 9.59 Å². The maximum atomic E-state index is 12.6. The fraction of sp³-hybridized carbons (Fsp3) is 0.333. The Kier molecular flexibility index (Phi) is 3.86. The van der Waals surface area contributed by atoms with Crippen LogP contribution in [-0.2, 0) is 17.8 Å². The van der Waals surface area contributed by atoms with E-state index in [2.05, 4.69) is 10.3 Å². The van der Waals surface area contributed by atoms with E-state index in [0.717, 1.165) is 30.5 Å². The average Bonchev–Trinajstić information content (AvgIpc) is 2.86. The van der Waals surface area contributed by atoms with E-state index in [1.165, 1.54) is 10.9 Å². The van der Waals surface area contributed by atoms with Gasteiger partial charge in [0.25, 0.3) is 0 Å². The van der Waals surface area contributed by atoms with Gasteiger partial charge in [0.2, 0.25) is 5.91 Å². The Hall–Kier alpha value is -2.70. The maximum absolute atomic E-state index is 12.6. The number of benzene rings is 1. The standard InChI is InChI=1S/C15H16N4O3/c20-14(10-18-9-12(15(21)22)16-17-18)19-8-4-3-6-11-5-1-2-7-13(11)19/h1-2,5,7,9H,3-4,6,8,10H2,(H,21,22). The Balaban J connectivity index is 1.80. The zero-order valence-electron chi connectivity index (χ0n) is 12.0. The Morgan fingerprint density at radius 2 is 2.05 bits per heavy atom. The third-order valence-corrected chi connectivity index (χ3v) is 3.72. The number of carboxylic acid groups (broad SMARTS) is 1. The molecule has 0 fully saturated rings. The first kappa shape index (κ1) is 14.2. The van der Waals surface area contributed by atoms with Crippen LogP contribution in [0, 0.1) is 0 Å². The number of aryl methyl sites for hydroxylation is 1. The number of hydrogen-bond acceptors (Lipinski definition) is 4. The summed E-state index contributed by atoms with van der Waals surface area (Å²) in [4.78, 5) is 25.1. The zero-order valence-corrected chi connectivity index (χ0v) is 12.0. The molecule has 0 atom stereocenters. The van der Waals surface area contributed by atoms with Crippen molar-refractivity contribution in [3.05, 3.63) is 41.7 Å². The Bertz CT molecular complexity index is 710.